The minimum absolute atomic E-state index is 0.552. The fourth-order valence-corrected chi connectivity index (χ4v) is 1.88. The molecule has 1 aromatic heterocycles. The molecule has 0 aliphatic rings. The third-order valence-electron chi connectivity index (χ3n) is 3.00. The van der Waals surface area contributed by atoms with Gasteiger partial charge in [-0.05, 0) is 37.5 Å². The number of pyridine rings is 1. The van der Waals surface area contributed by atoms with Crippen LogP contribution >= 0.6 is 0 Å². The Kier molecular flexibility index (Phi) is 6.71. The lowest BCUT2D eigenvalue weighted by Gasteiger charge is -2.20. The smallest absolute Gasteiger partial charge is 0.166 e. The van der Waals surface area contributed by atoms with Crippen molar-refractivity contribution in [3.05, 3.63) is 36.7 Å². The van der Waals surface area contributed by atoms with E-state index in [1.54, 1.807) is 10.0 Å². The number of nitrogens with two attached hydrogens (primary N) is 3. The molecule has 0 atom stereocenters. The summed E-state index contributed by atoms with van der Waals surface area (Å²) in [5, 5.41) is 3.20. The summed E-state index contributed by atoms with van der Waals surface area (Å²) >= 11 is 0. The fraction of sp³-hybridized carbons (Fsp3) is 0.400. The quantitative estimate of drug-likeness (QED) is 0.384. The molecular weight excluding hydrogens is 264 g/mol. The number of rotatable bonds is 8. The molecule has 21 heavy (non-hydrogen) atoms. The minimum atomic E-state index is 0.552. The second kappa shape index (κ2) is 8.28. The maximum atomic E-state index is 5.99. The van der Waals surface area contributed by atoms with E-state index in [9.17, 15) is 0 Å². The van der Waals surface area contributed by atoms with Gasteiger partial charge in [0, 0.05) is 19.3 Å². The van der Waals surface area contributed by atoms with E-state index >= 15 is 0 Å². The summed E-state index contributed by atoms with van der Waals surface area (Å²) in [7, 11) is 0. The first-order chi connectivity index (χ1) is 9.99. The van der Waals surface area contributed by atoms with Gasteiger partial charge in [0.25, 0.3) is 0 Å². The van der Waals surface area contributed by atoms with Gasteiger partial charge in [0.15, 0.2) is 5.82 Å². The first-order valence-electron chi connectivity index (χ1n) is 7.09. The SMILES string of the molecule is C=CCCN(N)c1nc(/C(C)=C/N(N)CCC)ccc1N. The van der Waals surface area contributed by atoms with Crippen LogP contribution in [-0.2, 0) is 0 Å². The van der Waals surface area contributed by atoms with Crippen molar-refractivity contribution in [1.82, 2.24) is 9.99 Å². The number of aromatic nitrogens is 1. The van der Waals surface area contributed by atoms with Gasteiger partial charge in [0.2, 0.25) is 0 Å². The number of hydrazine groups is 2. The molecule has 0 aliphatic carbocycles. The first kappa shape index (κ1) is 17.0. The highest BCUT2D eigenvalue weighted by Crippen LogP contribution is 2.22. The van der Waals surface area contributed by atoms with E-state index in [2.05, 4.69) is 18.5 Å². The molecular formula is C15H26N6. The van der Waals surface area contributed by atoms with Crippen LogP contribution in [0.2, 0.25) is 0 Å². The molecule has 6 N–H and O–H groups in total. The van der Waals surface area contributed by atoms with Crippen LogP contribution in [0.5, 0.6) is 0 Å². The Hall–Kier alpha value is -2.05. The monoisotopic (exact) mass is 290 g/mol. The van der Waals surface area contributed by atoms with Gasteiger partial charge in [-0.2, -0.15) is 0 Å². The lowest BCUT2D eigenvalue weighted by atomic mass is 10.2. The Morgan fingerprint density at radius 2 is 2.05 bits per heavy atom. The van der Waals surface area contributed by atoms with Crippen molar-refractivity contribution >= 4 is 17.1 Å². The van der Waals surface area contributed by atoms with Gasteiger partial charge in [-0.1, -0.05) is 13.0 Å². The molecule has 0 amide bonds. The average Bonchev–Trinajstić information content (AvgIpc) is 2.45. The molecule has 1 rings (SSSR count). The normalized spacial score (nSPS) is 11.3. The van der Waals surface area contributed by atoms with Crippen molar-refractivity contribution in [3.8, 4) is 0 Å². The summed E-state index contributed by atoms with van der Waals surface area (Å²) in [6.45, 7) is 9.13. The van der Waals surface area contributed by atoms with Crippen molar-refractivity contribution in [2.45, 2.75) is 26.7 Å². The maximum Gasteiger partial charge on any atom is 0.166 e. The van der Waals surface area contributed by atoms with Gasteiger partial charge >= 0.3 is 0 Å². The van der Waals surface area contributed by atoms with Gasteiger partial charge in [-0.15, -0.1) is 6.58 Å². The number of allylic oxidation sites excluding steroid dienone is 1. The molecule has 0 fully saturated rings. The van der Waals surface area contributed by atoms with Gasteiger partial charge in [0.05, 0.1) is 11.4 Å². The number of hydrogen-bond donors (Lipinski definition) is 3. The molecule has 0 bridgehead atoms. The Morgan fingerprint density at radius 1 is 1.33 bits per heavy atom. The number of nitrogen functional groups attached to an aromatic ring is 1. The van der Waals surface area contributed by atoms with Crippen LogP contribution in [0.25, 0.3) is 5.57 Å². The van der Waals surface area contributed by atoms with Gasteiger partial charge in [0.1, 0.15) is 0 Å². The lowest BCUT2D eigenvalue weighted by Crippen LogP contribution is -2.33. The van der Waals surface area contributed by atoms with E-state index in [1.165, 1.54) is 0 Å². The summed E-state index contributed by atoms with van der Waals surface area (Å²) in [5.41, 5.74) is 8.27. The van der Waals surface area contributed by atoms with E-state index in [1.807, 2.05) is 31.3 Å². The van der Waals surface area contributed by atoms with E-state index in [0.717, 1.165) is 30.7 Å². The van der Waals surface area contributed by atoms with Gasteiger partial charge in [-0.25, -0.2) is 16.7 Å². The van der Waals surface area contributed by atoms with E-state index < -0.39 is 0 Å². The predicted molar refractivity (Wildman–Crippen MR) is 89.8 cm³/mol. The molecule has 6 nitrogen and oxygen atoms in total. The molecule has 0 saturated carbocycles. The average molecular weight is 290 g/mol. The Labute approximate surface area is 126 Å². The molecule has 0 unspecified atom stereocenters. The van der Waals surface area contributed by atoms with Crippen molar-refractivity contribution in [2.75, 3.05) is 23.8 Å². The van der Waals surface area contributed by atoms with Crippen LogP contribution in [0.4, 0.5) is 11.5 Å². The zero-order valence-electron chi connectivity index (χ0n) is 12.9. The molecule has 1 aromatic rings. The highest BCUT2D eigenvalue weighted by Gasteiger charge is 2.09. The van der Waals surface area contributed by atoms with E-state index in [-0.39, 0.29) is 0 Å². The lowest BCUT2D eigenvalue weighted by molar-refractivity contribution is 0.394. The standard InChI is InChI=1S/C15H26N6/c1-4-6-10-21(18)15-13(16)7-8-14(19-15)12(3)11-20(17)9-5-2/h4,7-8,11H,1,5-6,9-10,16-18H2,2-3H3/b12-11+. The van der Waals surface area contributed by atoms with Crippen LogP contribution < -0.4 is 22.4 Å². The molecule has 116 valence electrons. The first-order valence-corrected chi connectivity index (χ1v) is 7.09. The van der Waals surface area contributed by atoms with Crippen LogP contribution in [0, 0.1) is 0 Å². The summed E-state index contributed by atoms with van der Waals surface area (Å²) in [4.78, 5) is 4.53. The Morgan fingerprint density at radius 3 is 2.67 bits per heavy atom. The molecule has 1 heterocycles. The van der Waals surface area contributed by atoms with Crippen LogP contribution in [0.3, 0.4) is 0 Å². The van der Waals surface area contributed by atoms with Crippen molar-refractivity contribution in [3.63, 3.8) is 0 Å². The number of anilines is 2. The van der Waals surface area contributed by atoms with E-state index in [4.69, 9.17) is 17.4 Å². The Balaban J connectivity index is 2.97. The third kappa shape index (κ3) is 5.09. The van der Waals surface area contributed by atoms with Crippen LogP contribution in [-0.4, -0.2) is 23.1 Å². The van der Waals surface area contributed by atoms with Gasteiger partial charge < -0.3 is 10.7 Å². The predicted octanol–water partition coefficient (Wildman–Crippen LogP) is 1.87. The van der Waals surface area contributed by atoms with Crippen molar-refractivity contribution in [2.24, 2.45) is 11.7 Å². The largest absolute Gasteiger partial charge is 0.396 e. The van der Waals surface area contributed by atoms with Crippen LogP contribution in [0.1, 0.15) is 32.4 Å². The second-order valence-corrected chi connectivity index (χ2v) is 4.93. The maximum absolute atomic E-state index is 5.99. The van der Waals surface area contributed by atoms with Crippen molar-refractivity contribution < 1.29 is 0 Å². The fourth-order valence-electron chi connectivity index (χ4n) is 1.88. The highest BCUT2D eigenvalue weighted by molar-refractivity contribution is 5.68. The molecule has 0 spiro atoms. The van der Waals surface area contributed by atoms with E-state index in [0.29, 0.717) is 18.1 Å². The molecule has 0 saturated heterocycles. The topological polar surface area (TPSA) is 97.4 Å². The second-order valence-electron chi connectivity index (χ2n) is 4.93. The molecule has 0 radical (unpaired) electrons. The zero-order valence-corrected chi connectivity index (χ0v) is 12.9. The summed E-state index contributed by atoms with van der Waals surface area (Å²) < 4.78 is 0. The Bertz CT molecular complexity index is 497. The third-order valence-corrected chi connectivity index (χ3v) is 3.00. The molecule has 0 aliphatic heterocycles. The molecule has 6 heteroatoms. The summed E-state index contributed by atoms with van der Waals surface area (Å²) in [6, 6.07) is 3.68. The highest BCUT2D eigenvalue weighted by atomic mass is 15.4. The minimum Gasteiger partial charge on any atom is -0.396 e. The molecule has 0 aromatic carbocycles. The zero-order chi connectivity index (χ0) is 15.8. The number of nitrogens with zero attached hydrogens (tertiary/aromatic N) is 3. The van der Waals surface area contributed by atoms with Gasteiger partial charge in [-0.3, -0.25) is 5.01 Å². The van der Waals surface area contributed by atoms with Crippen LogP contribution in [0.15, 0.2) is 31.0 Å². The van der Waals surface area contributed by atoms with Crippen molar-refractivity contribution in [1.29, 1.82) is 0 Å². The summed E-state index contributed by atoms with van der Waals surface area (Å²) in [6.07, 6.45) is 5.43. The number of hydrogen-bond acceptors (Lipinski definition) is 6. The summed E-state index contributed by atoms with van der Waals surface area (Å²) in [5.74, 6) is 12.4.